The minimum atomic E-state index is -1.01. The number of amides is 1. The molecule has 23 heavy (non-hydrogen) atoms. The number of aromatic nitrogens is 1. The van der Waals surface area contributed by atoms with Gasteiger partial charge in [0.15, 0.2) is 5.89 Å². The lowest BCUT2D eigenvalue weighted by atomic mass is 10.0. The Morgan fingerprint density at radius 1 is 1.52 bits per heavy atom. The molecule has 8 heteroatoms. The van der Waals surface area contributed by atoms with Gasteiger partial charge in [-0.3, -0.25) is 9.69 Å². The smallest absolute Gasteiger partial charge is 0.222 e. The fourth-order valence-electron chi connectivity index (χ4n) is 2.50. The van der Waals surface area contributed by atoms with Crippen LogP contribution in [0.15, 0.2) is 10.7 Å². The Labute approximate surface area is 135 Å². The first-order valence-corrected chi connectivity index (χ1v) is 7.71. The summed E-state index contributed by atoms with van der Waals surface area (Å²) in [6, 6.07) is -0.0811. The third-order valence-corrected chi connectivity index (χ3v) is 3.94. The average molecular weight is 327 g/mol. The Balaban J connectivity index is 1.94. The molecule has 1 atom stereocenters. The quantitative estimate of drug-likeness (QED) is 0.616. The number of nitrogens with one attached hydrogen (secondary N) is 1. The van der Waals surface area contributed by atoms with E-state index in [9.17, 15) is 15.0 Å². The van der Waals surface area contributed by atoms with Crippen molar-refractivity contribution in [2.75, 3.05) is 33.0 Å². The van der Waals surface area contributed by atoms with Gasteiger partial charge in [0.25, 0.3) is 0 Å². The van der Waals surface area contributed by atoms with Crippen LogP contribution in [-0.4, -0.2) is 70.6 Å². The third kappa shape index (κ3) is 5.00. The number of carbonyl (C=O) groups excluding carboxylic acids is 1. The summed E-state index contributed by atoms with van der Waals surface area (Å²) >= 11 is 0. The van der Waals surface area contributed by atoms with Crippen molar-refractivity contribution in [2.24, 2.45) is 0 Å². The van der Waals surface area contributed by atoms with Gasteiger partial charge in [0.1, 0.15) is 6.26 Å². The van der Waals surface area contributed by atoms with Crippen LogP contribution in [0.2, 0.25) is 0 Å². The monoisotopic (exact) mass is 327 g/mol. The van der Waals surface area contributed by atoms with Crippen LogP contribution in [0.3, 0.4) is 0 Å². The minimum absolute atomic E-state index is 0.0811. The van der Waals surface area contributed by atoms with Gasteiger partial charge in [-0.25, -0.2) is 4.98 Å². The van der Waals surface area contributed by atoms with Crippen LogP contribution in [-0.2, 0) is 16.1 Å². The lowest BCUT2D eigenvalue weighted by molar-refractivity contribution is -0.127. The molecule has 1 unspecified atom stereocenters. The maximum atomic E-state index is 12.2. The SMILES string of the molecule is Cc1nc(CN2CCOCC2CC(=O)NC(C)(CO)CO)co1. The van der Waals surface area contributed by atoms with Crippen LogP contribution in [0.25, 0.3) is 0 Å². The van der Waals surface area contributed by atoms with E-state index in [0.717, 1.165) is 5.69 Å². The summed E-state index contributed by atoms with van der Waals surface area (Å²) in [7, 11) is 0. The van der Waals surface area contributed by atoms with Crippen LogP contribution in [0.5, 0.6) is 0 Å². The normalized spacial score (nSPS) is 19.7. The first-order chi connectivity index (χ1) is 11.0. The fourth-order valence-corrected chi connectivity index (χ4v) is 2.50. The Bertz CT molecular complexity index is 515. The van der Waals surface area contributed by atoms with Crippen LogP contribution in [0.4, 0.5) is 0 Å². The van der Waals surface area contributed by atoms with Gasteiger partial charge < -0.3 is 24.7 Å². The predicted molar refractivity (Wildman–Crippen MR) is 81.6 cm³/mol. The molecule has 0 aliphatic carbocycles. The summed E-state index contributed by atoms with van der Waals surface area (Å²) < 4.78 is 10.7. The molecule has 8 nitrogen and oxygen atoms in total. The number of oxazole rings is 1. The van der Waals surface area contributed by atoms with Gasteiger partial charge in [-0.2, -0.15) is 0 Å². The van der Waals surface area contributed by atoms with Crippen molar-refractivity contribution >= 4 is 5.91 Å². The molecule has 2 heterocycles. The van der Waals surface area contributed by atoms with Crippen molar-refractivity contribution < 1.29 is 24.2 Å². The number of aliphatic hydroxyl groups is 2. The average Bonchev–Trinajstić information content (AvgIpc) is 2.94. The van der Waals surface area contributed by atoms with Crippen LogP contribution < -0.4 is 5.32 Å². The van der Waals surface area contributed by atoms with Crippen molar-refractivity contribution in [2.45, 2.75) is 38.4 Å². The first-order valence-electron chi connectivity index (χ1n) is 7.71. The van der Waals surface area contributed by atoms with Gasteiger partial charge in [0.2, 0.25) is 5.91 Å². The van der Waals surface area contributed by atoms with Crippen molar-refractivity contribution in [1.29, 1.82) is 0 Å². The lowest BCUT2D eigenvalue weighted by Gasteiger charge is -2.35. The maximum Gasteiger partial charge on any atom is 0.222 e. The Hall–Kier alpha value is -1.48. The number of aryl methyl sites for hydroxylation is 1. The highest BCUT2D eigenvalue weighted by Gasteiger charge is 2.29. The topological polar surface area (TPSA) is 108 Å². The molecule has 1 aromatic rings. The van der Waals surface area contributed by atoms with Crippen LogP contribution in [0, 0.1) is 6.92 Å². The summed E-state index contributed by atoms with van der Waals surface area (Å²) in [5, 5.41) is 21.2. The van der Waals surface area contributed by atoms with Gasteiger partial charge in [0.05, 0.1) is 37.7 Å². The van der Waals surface area contributed by atoms with E-state index in [1.165, 1.54) is 0 Å². The first kappa shape index (κ1) is 17.9. The standard InChI is InChI=1S/C15H25N3O5/c1-11-16-12(7-23-11)6-18-3-4-22-8-13(18)5-14(21)17-15(2,9-19)10-20/h7,13,19-20H,3-6,8-10H2,1-2H3,(H,17,21). The van der Waals surface area contributed by atoms with Crippen molar-refractivity contribution in [3.63, 3.8) is 0 Å². The highest BCUT2D eigenvalue weighted by molar-refractivity contribution is 5.77. The highest BCUT2D eigenvalue weighted by atomic mass is 16.5. The van der Waals surface area contributed by atoms with E-state index in [4.69, 9.17) is 9.15 Å². The zero-order chi connectivity index (χ0) is 16.9. The van der Waals surface area contributed by atoms with Crippen LogP contribution >= 0.6 is 0 Å². The molecule has 0 bridgehead atoms. The van der Waals surface area contributed by atoms with Crippen molar-refractivity contribution in [1.82, 2.24) is 15.2 Å². The third-order valence-electron chi connectivity index (χ3n) is 3.94. The molecule has 3 N–H and O–H groups in total. The molecule has 1 fully saturated rings. The summed E-state index contributed by atoms with van der Waals surface area (Å²) in [5.41, 5.74) is -0.189. The van der Waals surface area contributed by atoms with Gasteiger partial charge in [-0.1, -0.05) is 0 Å². The molecule has 0 radical (unpaired) electrons. The number of nitrogens with zero attached hydrogens (tertiary/aromatic N) is 2. The Morgan fingerprint density at radius 3 is 2.87 bits per heavy atom. The van der Waals surface area contributed by atoms with E-state index in [0.29, 0.717) is 32.2 Å². The molecular weight excluding hydrogens is 302 g/mol. The Morgan fingerprint density at radius 2 is 2.26 bits per heavy atom. The summed E-state index contributed by atoms with van der Waals surface area (Å²) in [6.45, 7) is 5.11. The number of ether oxygens (including phenoxy) is 1. The molecule has 1 aromatic heterocycles. The number of aliphatic hydroxyl groups excluding tert-OH is 2. The second-order valence-electron chi connectivity index (χ2n) is 6.19. The van der Waals surface area contributed by atoms with Crippen molar-refractivity contribution in [3.05, 3.63) is 17.8 Å². The van der Waals surface area contributed by atoms with E-state index in [2.05, 4.69) is 15.2 Å². The van der Waals surface area contributed by atoms with E-state index in [-0.39, 0.29) is 31.6 Å². The summed E-state index contributed by atoms with van der Waals surface area (Å²) in [4.78, 5) is 18.6. The molecule has 1 saturated heterocycles. The van der Waals surface area contributed by atoms with E-state index in [1.807, 2.05) is 0 Å². The number of carbonyl (C=O) groups is 1. The number of rotatable bonds is 7. The van der Waals surface area contributed by atoms with Gasteiger partial charge in [-0.05, 0) is 6.92 Å². The van der Waals surface area contributed by atoms with Gasteiger partial charge in [0, 0.05) is 32.5 Å². The lowest BCUT2D eigenvalue weighted by Crippen LogP contribution is -2.54. The number of morpholine rings is 1. The highest BCUT2D eigenvalue weighted by Crippen LogP contribution is 2.15. The summed E-state index contributed by atoms with van der Waals surface area (Å²) in [5.74, 6) is 0.386. The minimum Gasteiger partial charge on any atom is -0.449 e. The van der Waals surface area contributed by atoms with Crippen LogP contribution in [0.1, 0.15) is 24.9 Å². The number of hydrogen-bond acceptors (Lipinski definition) is 7. The molecule has 0 aromatic carbocycles. The van der Waals surface area contributed by atoms with Gasteiger partial charge in [-0.15, -0.1) is 0 Å². The van der Waals surface area contributed by atoms with Crippen molar-refractivity contribution in [3.8, 4) is 0 Å². The second kappa shape index (κ2) is 7.87. The molecule has 1 aliphatic heterocycles. The molecule has 1 amide bonds. The zero-order valence-corrected chi connectivity index (χ0v) is 13.6. The molecular formula is C15H25N3O5. The van der Waals surface area contributed by atoms with E-state index < -0.39 is 5.54 Å². The molecule has 130 valence electrons. The Kier molecular flexibility index (Phi) is 6.11. The van der Waals surface area contributed by atoms with E-state index in [1.54, 1.807) is 20.1 Å². The van der Waals surface area contributed by atoms with E-state index >= 15 is 0 Å². The summed E-state index contributed by atoms with van der Waals surface area (Å²) in [6.07, 6.45) is 1.85. The molecule has 0 spiro atoms. The maximum absolute atomic E-state index is 12.2. The zero-order valence-electron chi connectivity index (χ0n) is 13.6. The molecule has 1 aliphatic rings. The fraction of sp³-hybridized carbons (Fsp3) is 0.733. The second-order valence-corrected chi connectivity index (χ2v) is 6.19. The molecule has 0 saturated carbocycles. The predicted octanol–water partition coefficient (Wildman–Crippen LogP) is -0.567. The largest absolute Gasteiger partial charge is 0.449 e. The molecule has 2 rings (SSSR count). The number of hydrogen-bond donors (Lipinski definition) is 3. The van der Waals surface area contributed by atoms with Gasteiger partial charge >= 0.3 is 0 Å².